The molecule has 18 heavy (non-hydrogen) atoms. The molecule has 94 valence electrons. The second-order valence-electron chi connectivity index (χ2n) is 4.49. The van der Waals surface area contributed by atoms with E-state index < -0.39 is 0 Å². The molecule has 0 aliphatic rings. The molecule has 0 spiro atoms. The van der Waals surface area contributed by atoms with Gasteiger partial charge in [-0.2, -0.15) is 0 Å². The third-order valence-corrected chi connectivity index (χ3v) is 3.97. The van der Waals surface area contributed by atoms with Crippen LogP contribution in [-0.4, -0.2) is 0 Å². The fraction of sp³-hybridized carbons (Fsp3) is 0.200. The lowest BCUT2D eigenvalue weighted by Gasteiger charge is -2.17. The topological polar surface area (TPSA) is 26.0 Å². The van der Waals surface area contributed by atoms with Crippen molar-refractivity contribution in [3.8, 4) is 0 Å². The first-order chi connectivity index (χ1) is 8.49. The first-order valence-corrected chi connectivity index (χ1v) is 6.56. The van der Waals surface area contributed by atoms with Gasteiger partial charge in [-0.15, -0.1) is 0 Å². The molecule has 0 aliphatic heterocycles. The summed E-state index contributed by atoms with van der Waals surface area (Å²) in [6, 6.07) is 10.3. The summed E-state index contributed by atoms with van der Waals surface area (Å²) in [7, 11) is 0. The SMILES string of the molecule is Cc1cc(C(N)c2ccc(F)cc2)c(C)cc1Br. The molecule has 2 rings (SSSR count). The smallest absolute Gasteiger partial charge is 0.123 e. The Balaban J connectivity index is 2.42. The zero-order chi connectivity index (χ0) is 13.3. The van der Waals surface area contributed by atoms with E-state index in [1.807, 2.05) is 13.8 Å². The highest BCUT2D eigenvalue weighted by Gasteiger charge is 2.13. The Kier molecular flexibility index (Phi) is 3.83. The van der Waals surface area contributed by atoms with Gasteiger partial charge in [0, 0.05) is 4.47 Å². The van der Waals surface area contributed by atoms with Crippen molar-refractivity contribution in [1.82, 2.24) is 0 Å². The summed E-state index contributed by atoms with van der Waals surface area (Å²) >= 11 is 3.50. The average molecular weight is 308 g/mol. The van der Waals surface area contributed by atoms with Crippen LogP contribution in [-0.2, 0) is 0 Å². The number of aryl methyl sites for hydroxylation is 2. The van der Waals surface area contributed by atoms with Crippen molar-refractivity contribution in [2.45, 2.75) is 19.9 Å². The molecule has 0 heterocycles. The van der Waals surface area contributed by atoms with Crippen LogP contribution in [0, 0.1) is 19.7 Å². The summed E-state index contributed by atoms with van der Waals surface area (Å²) in [4.78, 5) is 0. The minimum atomic E-state index is -0.241. The molecule has 0 fully saturated rings. The van der Waals surface area contributed by atoms with Gasteiger partial charge in [-0.25, -0.2) is 4.39 Å². The van der Waals surface area contributed by atoms with Gasteiger partial charge in [0.2, 0.25) is 0 Å². The van der Waals surface area contributed by atoms with Gasteiger partial charge in [-0.3, -0.25) is 0 Å². The third kappa shape index (κ3) is 2.62. The monoisotopic (exact) mass is 307 g/mol. The van der Waals surface area contributed by atoms with E-state index in [0.29, 0.717) is 0 Å². The molecule has 1 unspecified atom stereocenters. The van der Waals surface area contributed by atoms with Crippen molar-refractivity contribution >= 4 is 15.9 Å². The van der Waals surface area contributed by atoms with Crippen LogP contribution in [0.1, 0.15) is 28.3 Å². The number of hydrogen-bond donors (Lipinski definition) is 1. The van der Waals surface area contributed by atoms with Gasteiger partial charge in [-0.05, 0) is 54.3 Å². The molecule has 0 aliphatic carbocycles. The number of benzene rings is 2. The predicted octanol–water partition coefficient (Wildman–Crippen LogP) is 4.25. The average Bonchev–Trinajstić information content (AvgIpc) is 2.34. The molecule has 1 nitrogen and oxygen atoms in total. The van der Waals surface area contributed by atoms with Crippen molar-refractivity contribution in [2.24, 2.45) is 5.73 Å². The van der Waals surface area contributed by atoms with Crippen LogP contribution in [0.5, 0.6) is 0 Å². The lowest BCUT2D eigenvalue weighted by molar-refractivity contribution is 0.626. The maximum atomic E-state index is 12.9. The van der Waals surface area contributed by atoms with Gasteiger partial charge in [-0.1, -0.05) is 34.1 Å². The summed E-state index contributed by atoms with van der Waals surface area (Å²) in [6.45, 7) is 4.06. The molecule has 0 radical (unpaired) electrons. The minimum Gasteiger partial charge on any atom is -0.320 e. The van der Waals surface area contributed by atoms with Gasteiger partial charge < -0.3 is 5.73 Å². The maximum absolute atomic E-state index is 12.9. The van der Waals surface area contributed by atoms with E-state index in [1.165, 1.54) is 12.1 Å². The van der Waals surface area contributed by atoms with Crippen LogP contribution >= 0.6 is 15.9 Å². The summed E-state index contributed by atoms with van der Waals surface area (Å²) in [5.41, 5.74) is 10.5. The molecule has 2 aromatic carbocycles. The van der Waals surface area contributed by atoms with Crippen molar-refractivity contribution < 1.29 is 4.39 Å². The zero-order valence-corrected chi connectivity index (χ0v) is 12.0. The Labute approximate surface area is 115 Å². The molecular formula is C15H15BrFN. The predicted molar refractivity (Wildman–Crippen MR) is 76.0 cm³/mol. The highest BCUT2D eigenvalue weighted by Crippen LogP contribution is 2.27. The van der Waals surface area contributed by atoms with Gasteiger partial charge in [0.1, 0.15) is 5.82 Å². The fourth-order valence-corrected chi connectivity index (χ4v) is 2.45. The Morgan fingerprint density at radius 1 is 1.06 bits per heavy atom. The van der Waals surface area contributed by atoms with E-state index in [4.69, 9.17) is 5.73 Å². The summed E-state index contributed by atoms with van der Waals surface area (Å²) in [6.07, 6.45) is 0. The molecular weight excluding hydrogens is 293 g/mol. The van der Waals surface area contributed by atoms with Gasteiger partial charge in [0.25, 0.3) is 0 Å². The van der Waals surface area contributed by atoms with E-state index in [2.05, 4.69) is 28.1 Å². The fourth-order valence-electron chi connectivity index (χ4n) is 1.99. The van der Waals surface area contributed by atoms with Crippen molar-refractivity contribution in [3.63, 3.8) is 0 Å². The molecule has 0 saturated heterocycles. The zero-order valence-electron chi connectivity index (χ0n) is 10.4. The number of rotatable bonds is 2. The number of hydrogen-bond acceptors (Lipinski definition) is 1. The quantitative estimate of drug-likeness (QED) is 0.881. The molecule has 2 aromatic rings. The Morgan fingerprint density at radius 2 is 1.67 bits per heavy atom. The molecule has 0 saturated carbocycles. The van der Waals surface area contributed by atoms with E-state index in [0.717, 1.165) is 26.7 Å². The molecule has 3 heteroatoms. The van der Waals surface area contributed by atoms with Crippen LogP contribution < -0.4 is 5.73 Å². The number of halogens is 2. The summed E-state index contributed by atoms with van der Waals surface area (Å²) in [5, 5.41) is 0. The van der Waals surface area contributed by atoms with Crippen LogP contribution in [0.15, 0.2) is 40.9 Å². The van der Waals surface area contributed by atoms with Crippen LogP contribution in [0.4, 0.5) is 4.39 Å². The van der Waals surface area contributed by atoms with Crippen molar-refractivity contribution in [1.29, 1.82) is 0 Å². The van der Waals surface area contributed by atoms with Gasteiger partial charge in [0.15, 0.2) is 0 Å². The third-order valence-electron chi connectivity index (χ3n) is 3.11. The lowest BCUT2D eigenvalue weighted by Crippen LogP contribution is -2.13. The minimum absolute atomic E-state index is 0.225. The largest absolute Gasteiger partial charge is 0.320 e. The van der Waals surface area contributed by atoms with Crippen LogP contribution in [0.2, 0.25) is 0 Å². The standard InChI is InChI=1S/C15H15BrFN/c1-9-8-14(16)10(2)7-13(9)15(18)11-3-5-12(17)6-4-11/h3-8,15H,18H2,1-2H3. The van der Waals surface area contributed by atoms with Crippen LogP contribution in [0.25, 0.3) is 0 Å². The maximum Gasteiger partial charge on any atom is 0.123 e. The number of nitrogens with two attached hydrogens (primary N) is 1. The van der Waals surface area contributed by atoms with E-state index in [-0.39, 0.29) is 11.9 Å². The summed E-state index contributed by atoms with van der Waals surface area (Å²) < 4.78 is 14.0. The normalized spacial score (nSPS) is 12.5. The molecule has 0 amide bonds. The first-order valence-electron chi connectivity index (χ1n) is 5.76. The summed E-state index contributed by atoms with van der Waals surface area (Å²) in [5.74, 6) is -0.241. The van der Waals surface area contributed by atoms with Gasteiger partial charge >= 0.3 is 0 Å². The Hall–Kier alpha value is -1.19. The van der Waals surface area contributed by atoms with Crippen molar-refractivity contribution in [2.75, 3.05) is 0 Å². The Bertz CT molecular complexity index is 563. The molecule has 0 bridgehead atoms. The molecule has 2 N–H and O–H groups in total. The second-order valence-corrected chi connectivity index (χ2v) is 5.34. The first kappa shape index (κ1) is 13.2. The molecule has 0 aromatic heterocycles. The van der Waals surface area contributed by atoms with E-state index in [9.17, 15) is 4.39 Å². The highest BCUT2D eigenvalue weighted by molar-refractivity contribution is 9.10. The van der Waals surface area contributed by atoms with Gasteiger partial charge in [0.05, 0.1) is 6.04 Å². The molecule has 1 atom stereocenters. The van der Waals surface area contributed by atoms with Crippen molar-refractivity contribution in [3.05, 3.63) is 68.9 Å². The Morgan fingerprint density at radius 3 is 2.28 bits per heavy atom. The van der Waals surface area contributed by atoms with E-state index >= 15 is 0 Å². The highest BCUT2D eigenvalue weighted by atomic mass is 79.9. The lowest BCUT2D eigenvalue weighted by atomic mass is 9.94. The van der Waals surface area contributed by atoms with Crippen LogP contribution in [0.3, 0.4) is 0 Å². The van der Waals surface area contributed by atoms with E-state index in [1.54, 1.807) is 12.1 Å². The second kappa shape index (κ2) is 5.21.